The minimum Gasteiger partial charge on any atom is -0.493 e. The topological polar surface area (TPSA) is 67.9 Å². The maximum absolute atomic E-state index is 12.3. The Morgan fingerprint density at radius 1 is 1.20 bits per heavy atom. The van der Waals surface area contributed by atoms with E-state index in [2.05, 4.69) is 5.32 Å². The molecular formula is C18H25ClN2O4. The molecule has 6 nitrogen and oxygen atoms in total. The van der Waals surface area contributed by atoms with Gasteiger partial charge in [0.25, 0.3) is 0 Å². The molecule has 7 heteroatoms. The van der Waals surface area contributed by atoms with Crippen LogP contribution in [0.2, 0.25) is 0 Å². The van der Waals surface area contributed by atoms with Gasteiger partial charge in [0.15, 0.2) is 11.5 Å². The molecule has 1 N–H and O–H groups in total. The summed E-state index contributed by atoms with van der Waals surface area (Å²) in [6.45, 7) is 1.33. The fourth-order valence-electron chi connectivity index (χ4n) is 2.97. The van der Waals surface area contributed by atoms with Crippen molar-refractivity contribution in [3.05, 3.63) is 23.8 Å². The summed E-state index contributed by atoms with van der Waals surface area (Å²) in [6, 6.07) is 5.57. The standard InChI is InChI=1S/C18H25ClN2O4/c1-24-15-4-3-13(11-16(15)25-2)12-17(22)20-14-6-9-21(10-7-14)18(23)5-8-19/h3-4,11,14H,5-10,12H2,1-2H3,(H,20,22). The van der Waals surface area contributed by atoms with Gasteiger partial charge in [-0.1, -0.05) is 6.07 Å². The summed E-state index contributed by atoms with van der Waals surface area (Å²) < 4.78 is 10.5. The molecule has 1 aliphatic heterocycles. The molecule has 0 spiro atoms. The Morgan fingerprint density at radius 3 is 2.48 bits per heavy atom. The van der Waals surface area contributed by atoms with Gasteiger partial charge >= 0.3 is 0 Å². The molecule has 0 unspecified atom stereocenters. The van der Waals surface area contributed by atoms with E-state index < -0.39 is 0 Å². The van der Waals surface area contributed by atoms with Crippen molar-refractivity contribution in [1.29, 1.82) is 0 Å². The number of hydrogen-bond acceptors (Lipinski definition) is 4. The van der Waals surface area contributed by atoms with Crippen molar-refractivity contribution in [1.82, 2.24) is 10.2 Å². The second-order valence-electron chi connectivity index (χ2n) is 6.03. The molecule has 138 valence electrons. The summed E-state index contributed by atoms with van der Waals surface area (Å²) in [5.74, 6) is 1.66. The summed E-state index contributed by atoms with van der Waals surface area (Å²) in [5.41, 5.74) is 0.866. The van der Waals surface area contributed by atoms with Crippen molar-refractivity contribution in [3.63, 3.8) is 0 Å². The van der Waals surface area contributed by atoms with Crippen LogP contribution < -0.4 is 14.8 Å². The molecule has 0 saturated carbocycles. The van der Waals surface area contributed by atoms with Crippen molar-refractivity contribution in [2.45, 2.75) is 31.7 Å². The number of halogens is 1. The predicted octanol–water partition coefficient (Wildman–Crippen LogP) is 1.98. The van der Waals surface area contributed by atoms with Gasteiger partial charge in [0.05, 0.1) is 20.6 Å². The Kier molecular flexibility index (Phi) is 7.37. The number of nitrogens with zero attached hydrogens (tertiary/aromatic N) is 1. The van der Waals surface area contributed by atoms with Crippen LogP contribution in [0.3, 0.4) is 0 Å². The summed E-state index contributed by atoms with van der Waals surface area (Å²) in [5, 5.41) is 3.05. The van der Waals surface area contributed by atoms with Gasteiger partial charge in [0.2, 0.25) is 11.8 Å². The van der Waals surface area contributed by atoms with Crippen LogP contribution in [0.25, 0.3) is 0 Å². The summed E-state index contributed by atoms with van der Waals surface area (Å²) in [7, 11) is 3.15. The van der Waals surface area contributed by atoms with Crippen LogP contribution in [0.4, 0.5) is 0 Å². The number of ether oxygens (including phenoxy) is 2. The van der Waals surface area contributed by atoms with Gasteiger partial charge in [-0.2, -0.15) is 0 Å². The lowest BCUT2D eigenvalue weighted by molar-refractivity contribution is -0.132. The Morgan fingerprint density at radius 2 is 1.88 bits per heavy atom. The van der Waals surface area contributed by atoms with Crippen LogP contribution in [0.1, 0.15) is 24.8 Å². The van der Waals surface area contributed by atoms with Gasteiger partial charge in [0.1, 0.15) is 0 Å². The molecule has 0 aromatic heterocycles. The van der Waals surface area contributed by atoms with E-state index in [9.17, 15) is 9.59 Å². The molecule has 1 fully saturated rings. The van der Waals surface area contributed by atoms with Crippen LogP contribution in [0, 0.1) is 0 Å². The summed E-state index contributed by atoms with van der Waals surface area (Å²) in [6.07, 6.45) is 2.20. The highest BCUT2D eigenvalue weighted by atomic mass is 35.5. The maximum Gasteiger partial charge on any atom is 0.224 e. The zero-order valence-corrected chi connectivity index (χ0v) is 15.5. The second-order valence-corrected chi connectivity index (χ2v) is 6.41. The van der Waals surface area contributed by atoms with Gasteiger partial charge < -0.3 is 19.7 Å². The van der Waals surface area contributed by atoms with E-state index in [-0.39, 0.29) is 24.3 Å². The highest BCUT2D eigenvalue weighted by Gasteiger charge is 2.23. The lowest BCUT2D eigenvalue weighted by atomic mass is 10.0. The predicted molar refractivity (Wildman–Crippen MR) is 96.3 cm³/mol. The number of hydrogen-bond donors (Lipinski definition) is 1. The van der Waals surface area contributed by atoms with Crippen LogP contribution >= 0.6 is 11.6 Å². The van der Waals surface area contributed by atoms with Crippen LogP contribution in [0.15, 0.2) is 18.2 Å². The molecule has 1 aromatic rings. The van der Waals surface area contributed by atoms with Crippen LogP contribution in [-0.4, -0.2) is 55.9 Å². The molecule has 0 radical (unpaired) electrons. The number of rotatable bonds is 7. The molecule has 0 bridgehead atoms. The number of methoxy groups -OCH3 is 2. The molecular weight excluding hydrogens is 344 g/mol. The number of piperidine rings is 1. The van der Waals surface area contributed by atoms with Gasteiger partial charge in [-0.15, -0.1) is 11.6 Å². The Balaban J connectivity index is 1.82. The number of amides is 2. The number of nitrogens with one attached hydrogen (secondary N) is 1. The molecule has 2 amide bonds. The van der Waals surface area contributed by atoms with E-state index >= 15 is 0 Å². The first kappa shape index (κ1) is 19.4. The lowest BCUT2D eigenvalue weighted by Crippen LogP contribution is -2.46. The molecule has 1 saturated heterocycles. The summed E-state index contributed by atoms with van der Waals surface area (Å²) >= 11 is 5.61. The van der Waals surface area contributed by atoms with Crippen molar-refractivity contribution >= 4 is 23.4 Å². The smallest absolute Gasteiger partial charge is 0.224 e. The van der Waals surface area contributed by atoms with E-state index in [0.29, 0.717) is 36.9 Å². The Hall–Kier alpha value is -1.95. The third-order valence-corrected chi connectivity index (χ3v) is 4.52. The largest absolute Gasteiger partial charge is 0.493 e. The van der Waals surface area contributed by atoms with Gasteiger partial charge in [-0.05, 0) is 30.5 Å². The van der Waals surface area contributed by atoms with Gasteiger partial charge in [-0.3, -0.25) is 9.59 Å². The minimum absolute atomic E-state index is 0.0299. The van der Waals surface area contributed by atoms with Crippen molar-refractivity contribution in [2.75, 3.05) is 33.2 Å². The Bertz CT molecular complexity index is 601. The number of benzene rings is 1. The normalized spacial score (nSPS) is 14.9. The van der Waals surface area contributed by atoms with E-state index in [4.69, 9.17) is 21.1 Å². The van der Waals surface area contributed by atoms with Crippen LogP contribution in [0.5, 0.6) is 11.5 Å². The first-order valence-corrected chi connectivity index (χ1v) is 8.94. The van der Waals surface area contributed by atoms with Crippen LogP contribution in [-0.2, 0) is 16.0 Å². The summed E-state index contributed by atoms with van der Waals surface area (Å²) in [4.78, 5) is 25.9. The molecule has 0 aliphatic carbocycles. The van der Waals surface area contributed by atoms with E-state index in [0.717, 1.165) is 18.4 Å². The van der Waals surface area contributed by atoms with Gasteiger partial charge in [0, 0.05) is 31.4 Å². The fraction of sp³-hybridized carbons (Fsp3) is 0.556. The quantitative estimate of drug-likeness (QED) is 0.747. The Labute approximate surface area is 153 Å². The molecule has 0 atom stereocenters. The zero-order chi connectivity index (χ0) is 18.2. The molecule has 1 heterocycles. The van der Waals surface area contributed by atoms with Gasteiger partial charge in [-0.25, -0.2) is 0 Å². The average Bonchev–Trinajstić information content (AvgIpc) is 2.62. The molecule has 2 rings (SSSR count). The zero-order valence-electron chi connectivity index (χ0n) is 14.7. The lowest BCUT2D eigenvalue weighted by Gasteiger charge is -2.32. The molecule has 1 aliphatic rings. The molecule has 1 aromatic carbocycles. The number of carbonyl (C=O) groups excluding carboxylic acids is 2. The highest BCUT2D eigenvalue weighted by Crippen LogP contribution is 2.27. The average molecular weight is 369 g/mol. The first-order chi connectivity index (χ1) is 12.1. The molecule has 25 heavy (non-hydrogen) atoms. The van der Waals surface area contributed by atoms with E-state index in [1.165, 1.54) is 0 Å². The third kappa shape index (κ3) is 5.53. The van der Waals surface area contributed by atoms with Crippen molar-refractivity contribution in [3.8, 4) is 11.5 Å². The first-order valence-electron chi connectivity index (χ1n) is 8.41. The van der Waals surface area contributed by atoms with Crippen molar-refractivity contribution in [2.24, 2.45) is 0 Å². The third-order valence-electron chi connectivity index (χ3n) is 4.33. The minimum atomic E-state index is -0.0299. The number of carbonyl (C=O) groups is 2. The van der Waals surface area contributed by atoms with Crippen molar-refractivity contribution < 1.29 is 19.1 Å². The number of alkyl halides is 1. The highest BCUT2D eigenvalue weighted by molar-refractivity contribution is 6.18. The SMILES string of the molecule is COc1ccc(CC(=O)NC2CCN(C(=O)CCCl)CC2)cc1OC. The second kappa shape index (κ2) is 9.51. The maximum atomic E-state index is 12.3. The van der Waals surface area contributed by atoms with E-state index in [1.54, 1.807) is 20.3 Å². The van der Waals surface area contributed by atoms with E-state index in [1.807, 2.05) is 17.0 Å². The monoisotopic (exact) mass is 368 g/mol. The fourth-order valence-corrected chi connectivity index (χ4v) is 3.13. The number of likely N-dealkylation sites (tertiary alicyclic amines) is 1.